The van der Waals surface area contributed by atoms with Crippen LogP contribution < -0.4 is 5.32 Å². The van der Waals surface area contributed by atoms with Crippen molar-refractivity contribution >= 4 is 40.9 Å². The molecule has 6 heteroatoms. The third-order valence-electron chi connectivity index (χ3n) is 2.40. The molecule has 0 aliphatic rings. The van der Waals surface area contributed by atoms with E-state index in [2.05, 4.69) is 10.1 Å². The summed E-state index contributed by atoms with van der Waals surface area (Å²) in [7, 11) is 1.32. The third-order valence-corrected chi connectivity index (χ3v) is 3.83. The van der Waals surface area contributed by atoms with Crippen molar-refractivity contribution in [1.82, 2.24) is 0 Å². The molecule has 4 nitrogen and oxygen atoms in total. The second kappa shape index (κ2) is 7.40. The molecule has 0 bridgehead atoms. The molecule has 0 saturated heterocycles. The van der Waals surface area contributed by atoms with Gasteiger partial charge in [0.15, 0.2) is 0 Å². The predicted octanol–water partition coefficient (Wildman–Crippen LogP) is 2.88. The average molecular weight is 302 g/mol. The molecule has 1 aromatic rings. The van der Waals surface area contributed by atoms with Crippen molar-refractivity contribution in [2.24, 2.45) is 0 Å². The van der Waals surface area contributed by atoms with Crippen molar-refractivity contribution in [3.8, 4) is 0 Å². The van der Waals surface area contributed by atoms with Gasteiger partial charge in [-0.15, -0.1) is 11.8 Å². The average Bonchev–Trinajstić information content (AvgIpc) is 2.38. The molecular formula is C13H16ClNO3S. The predicted molar refractivity (Wildman–Crippen MR) is 78.8 cm³/mol. The largest absolute Gasteiger partial charge is 0.468 e. The molecule has 0 aliphatic carbocycles. The summed E-state index contributed by atoms with van der Waals surface area (Å²) >= 11 is 7.23. The summed E-state index contributed by atoms with van der Waals surface area (Å²) in [6.07, 6.45) is 0. The minimum absolute atomic E-state index is 0.167. The van der Waals surface area contributed by atoms with Crippen LogP contribution in [0.25, 0.3) is 0 Å². The molecule has 0 aromatic heterocycles. The summed E-state index contributed by atoms with van der Waals surface area (Å²) in [5.74, 6) is -0.377. The van der Waals surface area contributed by atoms with Crippen LogP contribution >= 0.6 is 23.4 Å². The van der Waals surface area contributed by atoms with Gasteiger partial charge < -0.3 is 10.1 Å². The van der Waals surface area contributed by atoms with Gasteiger partial charge in [-0.3, -0.25) is 9.59 Å². The van der Waals surface area contributed by atoms with E-state index in [4.69, 9.17) is 11.6 Å². The zero-order valence-electron chi connectivity index (χ0n) is 11.0. The Morgan fingerprint density at radius 2 is 2.16 bits per heavy atom. The molecule has 0 saturated carbocycles. The van der Waals surface area contributed by atoms with Gasteiger partial charge in [0.2, 0.25) is 5.91 Å². The standard InChI is InChI=1S/C13H16ClNO3S/c1-8-4-5-11(10(14)6-8)15-12(16)7-19-9(2)13(17)18-3/h4-6,9H,7H2,1-3H3,(H,15,16). The number of hydrogen-bond acceptors (Lipinski definition) is 4. The highest BCUT2D eigenvalue weighted by molar-refractivity contribution is 8.01. The fraction of sp³-hybridized carbons (Fsp3) is 0.385. The van der Waals surface area contributed by atoms with Gasteiger partial charge in [-0.2, -0.15) is 0 Å². The Balaban J connectivity index is 2.49. The van der Waals surface area contributed by atoms with Gasteiger partial charge >= 0.3 is 5.97 Å². The molecule has 104 valence electrons. The van der Waals surface area contributed by atoms with E-state index in [0.29, 0.717) is 10.7 Å². The number of carbonyl (C=O) groups is 2. The van der Waals surface area contributed by atoms with Gasteiger partial charge in [0.05, 0.1) is 23.6 Å². The summed E-state index contributed by atoms with van der Waals surface area (Å²) in [5.41, 5.74) is 1.60. The fourth-order valence-electron chi connectivity index (χ4n) is 1.34. The molecule has 1 amide bonds. The molecule has 1 atom stereocenters. The van der Waals surface area contributed by atoms with Crippen LogP contribution in [0.5, 0.6) is 0 Å². The lowest BCUT2D eigenvalue weighted by Crippen LogP contribution is -2.20. The van der Waals surface area contributed by atoms with E-state index >= 15 is 0 Å². The Hall–Kier alpha value is -1.20. The first kappa shape index (κ1) is 15.9. The summed E-state index contributed by atoms with van der Waals surface area (Å²) in [6.45, 7) is 3.62. The topological polar surface area (TPSA) is 55.4 Å². The van der Waals surface area contributed by atoms with Crippen LogP contribution in [0.1, 0.15) is 12.5 Å². The van der Waals surface area contributed by atoms with Gasteiger partial charge in [-0.05, 0) is 31.5 Å². The lowest BCUT2D eigenvalue weighted by atomic mass is 10.2. The van der Waals surface area contributed by atoms with Crippen molar-refractivity contribution in [2.75, 3.05) is 18.2 Å². The maximum Gasteiger partial charge on any atom is 0.318 e. The van der Waals surface area contributed by atoms with Crippen LogP contribution in [0, 0.1) is 6.92 Å². The normalized spacial score (nSPS) is 11.8. The summed E-state index contributed by atoms with van der Waals surface area (Å²) in [6, 6.07) is 5.40. The minimum Gasteiger partial charge on any atom is -0.468 e. The lowest BCUT2D eigenvalue weighted by Gasteiger charge is -2.10. The first-order valence-corrected chi connectivity index (χ1v) is 7.12. The van der Waals surface area contributed by atoms with E-state index in [0.717, 1.165) is 5.56 Å². The van der Waals surface area contributed by atoms with Crippen LogP contribution in [0.2, 0.25) is 5.02 Å². The summed E-state index contributed by atoms with van der Waals surface area (Å²) < 4.78 is 4.58. The number of aryl methyl sites for hydroxylation is 1. The van der Waals surface area contributed by atoms with E-state index in [1.54, 1.807) is 19.1 Å². The van der Waals surface area contributed by atoms with Crippen LogP contribution in [-0.2, 0) is 14.3 Å². The molecule has 0 aliphatic heterocycles. The lowest BCUT2D eigenvalue weighted by molar-refractivity contribution is -0.139. The van der Waals surface area contributed by atoms with Crippen molar-refractivity contribution in [2.45, 2.75) is 19.1 Å². The van der Waals surface area contributed by atoms with Crippen LogP contribution in [0.15, 0.2) is 18.2 Å². The van der Waals surface area contributed by atoms with Crippen molar-refractivity contribution in [1.29, 1.82) is 0 Å². The zero-order valence-corrected chi connectivity index (χ0v) is 12.6. The molecule has 1 N–H and O–H groups in total. The highest BCUT2D eigenvalue weighted by atomic mass is 35.5. The molecule has 1 unspecified atom stereocenters. The smallest absolute Gasteiger partial charge is 0.318 e. The van der Waals surface area contributed by atoms with E-state index in [1.807, 2.05) is 13.0 Å². The molecular weight excluding hydrogens is 286 g/mol. The number of carbonyl (C=O) groups excluding carboxylic acids is 2. The Morgan fingerprint density at radius 1 is 1.47 bits per heavy atom. The number of ether oxygens (including phenoxy) is 1. The Kier molecular flexibility index (Phi) is 6.18. The number of halogens is 1. The SMILES string of the molecule is COC(=O)C(C)SCC(=O)Nc1ccc(C)cc1Cl. The third kappa shape index (κ3) is 5.12. The molecule has 0 radical (unpaired) electrons. The quantitative estimate of drug-likeness (QED) is 0.850. The second-order valence-corrected chi connectivity index (χ2v) is 5.74. The molecule has 0 spiro atoms. The van der Waals surface area contributed by atoms with Gasteiger partial charge in [-0.1, -0.05) is 17.7 Å². The molecule has 1 aromatic carbocycles. The maximum absolute atomic E-state index is 11.7. The van der Waals surface area contributed by atoms with Crippen LogP contribution in [0.3, 0.4) is 0 Å². The number of benzene rings is 1. The number of thioether (sulfide) groups is 1. The summed E-state index contributed by atoms with van der Waals surface area (Å²) in [5, 5.41) is 2.83. The fourth-order valence-corrected chi connectivity index (χ4v) is 2.33. The number of esters is 1. The number of amides is 1. The number of hydrogen-bond donors (Lipinski definition) is 1. The van der Waals surface area contributed by atoms with E-state index < -0.39 is 0 Å². The van der Waals surface area contributed by atoms with Gasteiger partial charge in [-0.25, -0.2) is 0 Å². The van der Waals surface area contributed by atoms with Crippen molar-refractivity contribution in [3.63, 3.8) is 0 Å². The number of rotatable bonds is 5. The monoisotopic (exact) mass is 301 g/mol. The van der Waals surface area contributed by atoms with Crippen LogP contribution in [-0.4, -0.2) is 30.0 Å². The molecule has 19 heavy (non-hydrogen) atoms. The van der Waals surface area contributed by atoms with Crippen LogP contribution in [0.4, 0.5) is 5.69 Å². The number of anilines is 1. The Bertz CT molecular complexity index is 479. The molecule has 0 heterocycles. The van der Waals surface area contributed by atoms with Gasteiger partial charge in [0.25, 0.3) is 0 Å². The Labute approximate surface area is 121 Å². The van der Waals surface area contributed by atoms with E-state index in [9.17, 15) is 9.59 Å². The minimum atomic E-state index is -0.371. The maximum atomic E-state index is 11.7. The van der Waals surface area contributed by atoms with E-state index in [-0.39, 0.29) is 22.9 Å². The highest BCUT2D eigenvalue weighted by Crippen LogP contribution is 2.23. The number of methoxy groups -OCH3 is 1. The summed E-state index contributed by atoms with van der Waals surface area (Å²) in [4.78, 5) is 22.9. The van der Waals surface area contributed by atoms with E-state index in [1.165, 1.54) is 18.9 Å². The molecule has 1 rings (SSSR count). The second-order valence-electron chi connectivity index (χ2n) is 4.01. The van der Waals surface area contributed by atoms with Gasteiger partial charge in [0, 0.05) is 0 Å². The van der Waals surface area contributed by atoms with Gasteiger partial charge in [0.1, 0.15) is 5.25 Å². The highest BCUT2D eigenvalue weighted by Gasteiger charge is 2.15. The number of nitrogens with one attached hydrogen (secondary N) is 1. The first-order valence-electron chi connectivity index (χ1n) is 5.69. The van der Waals surface area contributed by atoms with Crippen molar-refractivity contribution in [3.05, 3.63) is 28.8 Å². The first-order chi connectivity index (χ1) is 8.93. The van der Waals surface area contributed by atoms with Crippen molar-refractivity contribution < 1.29 is 14.3 Å². The Morgan fingerprint density at radius 3 is 2.74 bits per heavy atom. The zero-order chi connectivity index (χ0) is 14.4. The molecule has 0 fully saturated rings.